The highest BCUT2D eigenvalue weighted by Gasteiger charge is 2.40. The second-order valence-corrected chi connectivity index (χ2v) is 6.05. The van der Waals surface area contributed by atoms with E-state index < -0.39 is 5.97 Å². The van der Waals surface area contributed by atoms with Crippen LogP contribution >= 0.6 is 0 Å². The van der Waals surface area contributed by atoms with Crippen molar-refractivity contribution in [3.63, 3.8) is 0 Å². The van der Waals surface area contributed by atoms with E-state index in [1.807, 2.05) is 0 Å². The number of hydrogen-bond acceptors (Lipinski definition) is 1. The molecule has 0 spiro atoms. The third kappa shape index (κ3) is 3.50. The van der Waals surface area contributed by atoms with Crippen molar-refractivity contribution >= 4 is 5.97 Å². The smallest absolute Gasteiger partial charge is 0.309 e. The van der Waals surface area contributed by atoms with Gasteiger partial charge in [-0.25, -0.2) is 0 Å². The Morgan fingerprint density at radius 1 is 1.38 bits per heavy atom. The van der Waals surface area contributed by atoms with Crippen LogP contribution in [-0.4, -0.2) is 11.1 Å². The Balaban J connectivity index is 2.50. The summed E-state index contributed by atoms with van der Waals surface area (Å²) in [5, 5.41) is 9.44. The molecule has 1 aliphatic rings. The maximum atomic E-state index is 11.5. The van der Waals surface area contributed by atoms with Crippen LogP contribution in [0.1, 0.15) is 65.7 Å². The average Bonchev–Trinajstić information content (AvgIpc) is 2.20. The number of carboxylic acid groups (broad SMARTS) is 1. The molecule has 1 N–H and O–H groups in total. The summed E-state index contributed by atoms with van der Waals surface area (Å²) in [4.78, 5) is 11.5. The van der Waals surface area contributed by atoms with Gasteiger partial charge in [-0.05, 0) is 43.9 Å². The predicted octanol–water partition coefficient (Wildman–Crippen LogP) is 4.09. The van der Waals surface area contributed by atoms with Gasteiger partial charge >= 0.3 is 5.97 Å². The summed E-state index contributed by atoms with van der Waals surface area (Å²) in [6, 6.07) is 0. The van der Waals surface area contributed by atoms with E-state index in [0.29, 0.717) is 5.92 Å². The first-order valence-electron chi connectivity index (χ1n) is 6.70. The molecule has 2 heteroatoms. The monoisotopic (exact) mass is 226 g/mol. The summed E-state index contributed by atoms with van der Waals surface area (Å²) in [6.45, 7) is 6.65. The van der Waals surface area contributed by atoms with E-state index >= 15 is 0 Å². The average molecular weight is 226 g/mol. The Labute approximate surface area is 99.4 Å². The number of rotatable bonds is 5. The summed E-state index contributed by atoms with van der Waals surface area (Å²) in [7, 11) is 0. The van der Waals surface area contributed by atoms with Gasteiger partial charge in [-0.2, -0.15) is 0 Å². The standard InChI is InChI=1S/C14H26O2/c1-11(2)5-4-8-14(13(15)16)9-6-12(3)7-10-14/h11-12H,4-10H2,1-3H3,(H,15,16). The van der Waals surface area contributed by atoms with Crippen LogP contribution in [0, 0.1) is 17.3 Å². The molecule has 1 saturated carbocycles. The zero-order chi connectivity index (χ0) is 12.2. The van der Waals surface area contributed by atoms with Gasteiger partial charge in [-0.1, -0.05) is 33.6 Å². The van der Waals surface area contributed by atoms with Crippen LogP contribution < -0.4 is 0 Å². The van der Waals surface area contributed by atoms with Crippen molar-refractivity contribution in [2.75, 3.05) is 0 Å². The lowest BCUT2D eigenvalue weighted by atomic mass is 9.68. The molecule has 94 valence electrons. The molecule has 2 nitrogen and oxygen atoms in total. The van der Waals surface area contributed by atoms with Crippen molar-refractivity contribution in [1.82, 2.24) is 0 Å². The Kier molecular flexibility index (Phi) is 4.82. The minimum Gasteiger partial charge on any atom is -0.481 e. The van der Waals surface area contributed by atoms with Crippen LogP contribution in [0.3, 0.4) is 0 Å². The molecule has 0 aromatic rings. The number of hydrogen-bond donors (Lipinski definition) is 1. The van der Waals surface area contributed by atoms with Crippen LogP contribution in [0.25, 0.3) is 0 Å². The fourth-order valence-electron chi connectivity index (χ4n) is 2.73. The van der Waals surface area contributed by atoms with Crippen LogP contribution in [-0.2, 0) is 4.79 Å². The minimum atomic E-state index is -0.553. The van der Waals surface area contributed by atoms with Crippen molar-refractivity contribution in [3.05, 3.63) is 0 Å². The third-order valence-electron chi connectivity index (χ3n) is 4.12. The number of carbonyl (C=O) groups is 1. The van der Waals surface area contributed by atoms with E-state index in [9.17, 15) is 9.90 Å². The molecule has 16 heavy (non-hydrogen) atoms. The van der Waals surface area contributed by atoms with Gasteiger partial charge in [0, 0.05) is 0 Å². The molecule has 0 aromatic heterocycles. The molecular formula is C14H26O2. The Hall–Kier alpha value is -0.530. The lowest BCUT2D eigenvalue weighted by Crippen LogP contribution is -2.35. The first-order valence-corrected chi connectivity index (χ1v) is 6.70. The third-order valence-corrected chi connectivity index (χ3v) is 4.12. The van der Waals surface area contributed by atoms with E-state index in [4.69, 9.17) is 0 Å². The summed E-state index contributed by atoms with van der Waals surface area (Å²) < 4.78 is 0. The fraction of sp³-hybridized carbons (Fsp3) is 0.929. The highest BCUT2D eigenvalue weighted by molar-refractivity contribution is 5.74. The molecule has 0 radical (unpaired) electrons. The summed E-state index contributed by atoms with van der Waals surface area (Å²) >= 11 is 0. The zero-order valence-corrected chi connectivity index (χ0v) is 11.0. The molecular weight excluding hydrogens is 200 g/mol. The summed E-state index contributed by atoms with van der Waals surface area (Å²) in [5.74, 6) is 0.856. The van der Waals surface area contributed by atoms with E-state index in [1.165, 1.54) is 0 Å². The van der Waals surface area contributed by atoms with Crippen molar-refractivity contribution in [2.45, 2.75) is 65.7 Å². The highest BCUT2D eigenvalue weighted by Crippen LogP contribution is 2.43. The molecule has 0 aromatic carbocycles. The van der Waals surface area contributed by atoms with Gasteiger partial charge < -0.3 is 5.11 Å². The van der Waals surface area contributed by atoms with Crippen LogP contribution in [0.5, 0.6) is 0 Å². The quantitative estimate of drug-likeness (QED) is 0.766. The fourth-order valence-corrected chi connectivity index (χ4v) is 2.73. The van der Waals surface area contributed by atoms with E-state index in [2.05, 4.69) is 20.8 Å². The molecule has 1 aliphatic carbocycles. The normalized spacial score (nSPS) is 30.6. The van der Waals surface area contributed by atoms with Gasteiger partial charge in [0.15, 0.2) is 0 Å². The van der Waals surface area contributed by atoms with E-state index in [-0.39, 0.29) is 5.41 Å². The Morgan fingerprint density at radius 2 is 1.94 bits per heavy atom. The largest absolute Gasteiger partial charge is 0.481 e. The van der Waals surface area contributed by atoms with Crippen molar-refractivity contribution in [2.24, 2.45) is 17.3 Å². The van der Waals surface area contributed by atoms with Gasteiger partial charge in [0.1, 0.15) is 0 Å². The first-order chi connectivity index (χ1) is 7.46. The molecule has 0 amide bonds. The number of carboxylic acids is 1. The Bertz CT molecular complexity index is 225. The zero-order valence-electron chi connectivity index (χ0n) is 11.0. The second-order valence-electron chi connectivity index (χ2n) is 6.05. The maximum absolute atomic E-state index is 11.5. The van der Waals surface area contributed by atoms with E-state index in [1.54, 1.807) is 0 Å². The highest BCUT2D eigenvalue weighted by atomic mass is 16.4. The molecule has 0 aliphatic heterocycles. The van der Waals surface area contributed by atoms with Crippen molar-refractivity contribution in [3.8, 4) is 0 Å². The van der Waals surface area contributed by atoms with Gasteiger partial charge in [-0.15, -0.1) is 0 Å². The maximum Gasteiger partial charge on any atom is 0.309 e. The summed E-state index contributed by atoms with van der Waals surface area (Å²) in [6.07, 6.45) is 7.07. The molecule has 0 atom stereocenters. The van der Waals surface area contributed by atoms with E-state index in [0.717, 1.165) is 50.9 Å². The van der Waals surface area contributed by atoms with Crippen molar-refractivity contribution in [1.29, 1.82) is 0 Å². The number of aliphatic carboxylic acids is 1. The minimum absolute atomic E-state index is 0.387. The van der Waals surface area contributed by atoms with Crippen LogP contribution in [0.2, 0.25) is 0 Å². The predicted molar refractivity (Wildman–Crippen MR) is 66.4 cm³/mol. The van der Waals surface area contributed by atoms with Gasteiger partial charge in [0.25, 0.3) is 0 Å². The van der Waals surface area contributed by atoms with Gasteiger partial charge in [0.05, 0.1) is 5.41 Å². The van der Waals surface area contributed by atoms with Gasteiger partial charge in [-0.3, -0.25) is 4.79 Å². The summed E-state index contributed by atoms with van der Waals surface area (Å²) in [5.41, 5.74) is -0.387. The van der Waals surface area contributed by atoms with Crippen molar-refractivity contribution < 1.29 is 9.90 Å². The SMILES string of the molecule is CC(C)CCCC1(C(=O)O)CCC(C)CC1. The molecule has 0 heterocycles. The van der Waals surface area contributed by atoms with Crippen LogP contribution in [0.15, 0.2) is 0 Å². The van der Waals surface area contributed by atoms with Crippen LogP contribution in [0.4, 0.5) is 0 Å². The molecule has 0 bridgehead atoms. The van der Waals surface area contributed by atoms with Gasteiger partial charge in [0.2, 0.25) is 0 Å². The molecule has 1 fully saturated rings. The molecule has 1 rings (SSSR count). The molecule has 0 unspecified atom stereocenters. The first kappa shape index (κ1) is 13.5. The second kappa shape index (κ2) is 5.70. The lowest BCUT2D eigenvalue weighted by molar-refractivity contribution is -0.152. The lowest BCUT2D eigenvalue weighted by Gasteiger charge is -2.36. The topological polar surface area (TPSA) is 37.3 Å². The molecule has 0 saturated heterocycles. The Morgan fingerprint density at radius 3 is 2.38 bits per heavy atom.